The molecule has 1 saturated heterocycles. The Morgan fingerprint density at radius 2 is 1.91 bits per heavy atom. The van der Waals surface area contributed by atoms with Crippen molar-refractivity contribution in [2.75, 3.05) is 11.4 Å². The quantitative estimate of drug-likeness (QED) is 0.519. The van der Waals surface area contributed by atoms with Crippen molar-refractivity contribution in [3.63, 3.8) is 0 Å². The molecule has 1 aromatic heterocycles. The Balaban J connectivity index is 0.00000192. The first kappa shape index (κ1) is 18.3. The first-order valence-corrected chi connectivity index (χ1v) is 8.60. The van der Waals surface area contributed by atoms with Crippen LogP contribution in [0.15, 0.2) is 36.4 Å². The van der Waals surface area contributed by atoms with E-state index in [-0.39, 0.29) is 24.0 Å². The molecule has 0 saturated carbocycles. The Labute approximate surface area is 157 Å². The molecule has 1 fully saturated rings. The highest BCUT2D eigenvalue weighted by Gasteiger charge is 2.28. The fourth-order valence-electron chi connectivity index (χ4n) is 3.71. The third-order valence-corrected chi connectivity index (χ3v) is 5.01. The van der Waals surface area contributed by atoms with E-state index >= 15 is 0 Å². The van der Waals surface area contributed by atoms with Crippen molar-refractivity contribution in [2.24, 2.45) is 14.1 Å². The van der Waals surface area contributed by atoms with E-state index in [4.69, 9.17) is 0 Å². The van der Waals surface area contributed by atoms with Gasteiger partial charge >= 0.3 is 0 Å². The maximum absolute atomic E-state index is 2.64. The highest BCUT2D eigenvalue weighted by atomic mass is 127. The number of hydrogen-bond donors (Lipinski definition) is 0. The number of rotatable bonds is 4. The van der Waals surface area contributed by atoms with Gasteiger partial charge in [-0.15, -0.1) is 9.36 Å². The second-order valence-corrected chi connectivity index (χ2v) is 6.43. The lowest BCUT2D eigenvalue weighted by atomic mass is 9.98. The average Bonchev–Trinajstić information content (AvgIpc) is 2.85. The van der Waals surface area contributed by atoms with Crippen LogP contribution in [-0.2, 0) is 14.1 Å². The number of aromatic nitrogens is 2. The molecule has 0 N–H and O–H groups in total. The van der Waals surface area contributed by atoms with Crippen molar-refractivity contribution in [1.29, 1.82) is 0 Å². The third-order valence-electron chi connectivity index (χ3n) is 5.01. The molecule has 1 aromatic carbocycles. The van der Waals surface area contributed by atoms with E-state index in [1.54, 1.807) is 0 Å². The lowest BCUT2D eigenvalue weighted by Gasteiger charge is -2.36. The van der Waals surface area contributed by atoms with Gasteiger partial charge in [-0.1, -0.05) is 31.5 Å². The van der Waals surface area contributed by atoms with Crippen molar-refractivity contribution in [3.8, 4) is 11.3 Å². The summed E-state index contributed by atoms with van der Waals surface area (Å²) in [7, 11) is 4.34. The van der Waals surface area contributed by atoms with E-state index < -0.39 is 0 Å². The molecule has 126 valence electrons. The van der Waals surface area contributed by atoms with Gasteiger partial charge in [-0.3, -0.25) is 0 Å². The zero-order valence-corrected chi connectivity index (χ0v) is 16.7. The van der Waals surface area contributed by atoms with Crippen molar-refractivity contribution in [1.82, 2.24) is 4.68 Å². The second-order valence-electron chi connectivity index (χ2n) is 6.43. The molecular formula is C19H28IN3. The summed E-state index contributed by atoms with van der Waals surface area (Å²) in [5.74, 6) is 1.36. The molecule has 4 heteroatoms. The van der Waals surface area contributed by atoms with Crippen LogP contribution in [0.1, 0.15) is 39.0 Å². The molecule has 1 aliphatic heterocycles. The Hall–Kier alpha value is -1.04. The minimum Gasteiger partial charge on any atom is -1.00 e. The molecule has 0 radical (unpaired) electrons. The lowest BCUT2D eigenvalue weighted by Crippen LogP contribution is -3.00. The molecule has 3 nitrogen and oxygen atoms in total. The van der Waals surface area contributed by atoms with Crippen LogP contribution < -0.4 is 33.6 Å². The van der Waals surface area contributed by atoms with Crippen molar-refractivity contribution in [3.05, 3.63) is 36.4 Å². The van der Waals surface area contributed by atoms with Crippen LogP contribution in [0.3, 0.4) is 0 Å². The number of benzene rings is 1. The molecular weight excluding hydrogens is 397 g/mol. The van der Waals surface area contributed by atoms with Crippen LogP contribution in [0.25, 0.3) is 11.3 Å². The average molecular weight is 425 g/mol. The molecule has 3 rings (SSSR count). The molecule has 0 amide bonds. The molecule has 2 aromatic rings. The molecule has 0 aliphatic carbocycles. The molecule has 23 heavy (non-hydrogen) atoms. The summed E-state index contributed by atoms with van der Waals surface area (Å²) in [6.07, 6.45) is 6.60. The summed E-state index contributed by atoms with van der Waals surface area (Å²) < 4.78 is 4.57. The van der Waals surface area contributed by atoms with Gasteiger partial charge in [-0.25, -0.2) is 0 Å². The monoisotopic (exact) mass is 425 g/mol. The van der Waals surface area contributed by atoms with Gasteiger partial charge in [-0.05, 0) is 37.8 Å². The first-order chi connectivity index (χ1) is 10.7. The van der Waals surface area contributed by atoms with Gasteiger partial charge in [0, 0.05) is 18.2 Å². The molecule has 1 aliphatic rings. The van der Waals surface area contributed by atoms with Gasteiger partial charge in [0.05, 0.1) is 13.1 Å². The van der Waals surface area contributed by atoms with Crippen molar-refractivity contribution in [2.45, 2.75) is 45.1 Å². The topological polar surface area (TPSA) is 12.1 Å². The summed E-state index contributed by atoms with van der Waals surface area (Å²) in [6.45, 7) is 3.49. The Morgan fingerprint density at radius 1 is 1.17 bits per heavy atom. The van der Waals surface area contributed by atoms with E-state index in [2.05, 4.69) is 71.7 Å². The maximum atomic E-state index is 2.64. The predicted octanol–water partition coefficient (Wildman–Crippen LogP) is 0.680. The van der Waals surface area contributed by atoms with Crippen LogP contribution in [0.5, 0.6) is 0 Å². The fourth-order valence-corrected chi connectivity index (χ4v) is 3.71. The summed E-state index contributed by atoms with van der Waals surface area (Å²) in [5.41, 5.74) is 2.58. The molecule has 0 bridgehead atoms. The predicted molar refractivity (Wildman–Crippen MR) is 91.9 cm³/mol. The summed E-state index contributed by atoms with van der Waals surface area (Å²) in [5, 5.41) is 0. The number of hydrogen-bond acceptors (Lipinski definition) is 1. The zero-order valence-electron chi connectivity index (χ0n) is 14.5. The molecule has 1 atom stereocenters. The van der Waals surface area contributed by atoms with Crippen molar-refractivity contribution < 1.29 is 28.7 Å². The largest absolute Gasteiger partial charge is 1.00 e. The second kappa shape index (κ2) is 8.18. The van der Waals surface area contributed by atoms with Gasteiger partial charge in [-0.2, -0.15) is 0 Å². The smallest absolute Gasteiger partial charge is 0.240 e. The van der Waals surface area contributed by atoms with E-state index in [1.165, 1.54) is 55.7 Å². The fraction of sp³-hybridized carbons (Fsp3) is 0.526. The van der Waals surface area contributed by atoms with Crippen LogP contribution in [-0.4, -0.2) is 17.3 Å². The van der Waals surface area contributed by atoms with Gasteiger partial charge < -0.3 is 28.9 Å². The highest BCUT2D eigenvalue weighted by Crippen LogP contribution is 2.29. The summed E-state index contributed by atoms with van der Waals surface area (Å²) >= 11 is 0. The van der Waals surface area contributed by atoms with Crippen LogP contribution in [0.4, 0.5) is 5.82 Å². The van der Waals surface area contributed by atoms with Gasteiger partial charge in [0.15, 0.2) is 12.9 Å². The van der Waals surface area contributed by atoms with Crippen molar-refractivity contribution >= 4 is 5.82 Å². The van der Waals surface area contributed by atoms with E-state index in [0.29, 0.717) is 6.04 Å². The van der Waals surface area contributed by atoms with Gasteiger partial charge in [0.1, 0.15) is 0 Å². The molecule has 0 spiro atoms. The normalized spacial score (nSPS) is 17.9. The first-order valence-electron chi connectivity index (χ1n) is 8.60. The van der Waals surface area contributed by atoms with Crippen LogP contribution in [0.2, 0.25) is 0 Å². The van der Waals surface area contributed by atoms with E-state index in [0.717, 1.165) is 0 Å². The van der Waals surface area contributed by atoms with E-state index in [9.17, 15) is 0 Å². The SMILES string of the molecule is CCCC1CCCCN1c1cc(-c2ccccc2)[n+](C)n1C.[I-]. The number of piperidine rings is 1. The number of anilines is 1. The maximum Gasteiger partial charge on any atom is 0.240 e. The Kier molecular flexibility index (Phi) is 6.50. The summed E-state index contributed by atoms with van der Waals surface area (Å²) in [6, 6.07) is 13.8. The minimum atomic E-state index is 0. The minimum absolute atomic E-state index is 0. The Bertz CT molecular complexity index is 619. The highest BCUT2D eigenvalue weighted by molar-refractivity contribution is 5.60. The third kappa shape index (κ3) is 3.73. The lowest BCUT2D eigenvalue weighted by molar-refractivity contribution is -0.740. The zero-order chi connectivity index (χ0) is 15.5. The molecule has 2 heterocycles. The number of nitrogens with zero attached hydrogens (tertiary/aromatic N) is 3. The van der Waals surface area contributed by atoms with Gasteiger partial charge in [0.25, 0.3) is 0 Å². The summed E-state index contributed by atoms with van der Waals surface area (Å²) in [4.78, 5) is 2.64. The Morgan fingerprint density at radius 3 is 2.61 bits per heavy atom. The van der Waals surface area contributed by atoms with E-state index in [1.807, 2.05) is 0 Å². The standard InChI is InChI=1S/C19H28N3.HI/c1-4-10-17-13-8-9-14-22(17)19-15-18(20(2)21(19)3)16-11-6-5-7-12-16;/h5-7,11-12,15,17H,4,8-10,13-14H2,1-3H3;1H/q+1;/p-1. The van der Waals surface area contributed by atoms with Gasteiger partial charge in [0.2, 0.25) is 5.69 Å². The van der Waals surface area contributed by atoms with Crippen LogP contribution >= 0.6 is 0 Å². The molecule has 1 unspecified atom stereocenters. The van der Waals surface area contributed by atoms with Crippen LogP contribution in [0, 0.1) is 0 Å². The number of halogens is 1.